The zero-order valence-electron chi connectivity index (χ0n) is 31.1. The summed E-state index contributed by atoms with van der Waals surface area (Å²) >= 11 is 0. The van der Waals surface area contributed by atoms with Gasteiger partial charge in [-0.2, -0.15) is 0 Å². The smallest absolute Gasteiger partial charge is 0.252 e. The highest BCUT2D eigenvalue weighted by molar-refractivity contribution is 7.01. The Bertz CT molecular complexity index is 2750. The van der Waals surface area contributed by atoms with E-state index in [2.05, 4.69) is 161 Å². The van der Waals surface area contributed by atoms with Crippen molar-refractivity contribution in [1.82, 2.24) is 0 Å². The average molecular weight is 705 g/mol. The first-order chi connectivity index (χ1) is 27.3. The second-order valence-electron chi connectivity index (χ2n) is 17.0. The van der Waals surface area contributed by atoms with Crippen molar-refractivity contribution < 1.29 is 0 Å². The lowest BCUT2D eigenvalue weighted by Crippen LogP contribution is -2.62. The minimum atomic E-state index is 0.0476. The monoisotopic (exact) mass is 704 g/mol. The molecule has 0 radical (unpaired) electrons. The number of fused-ring (bicyclic) bond motifs is 15. The molecule has 13 rings (SSSR count). The number of rotatable bonds is 2. The summed E-state index contributed by atoms with van der Waals surface area (Å²) in [6.45, 7) is 0.0996. The lowest BCUT2D eigenvalue weighted by atomic mass is 9.32. The molecule has 2 aliphatic heterocycles. The second-order valence-corrected chi connectivity index (χ2v) is 17.0. The summed E-state index contributed by atoms with van der Waals surface area (Å²) in [7, 11) is 0. The molecule has 0 amide bonds. The molecule has 0 aromatic heterocycles. The molecule has 7 aromatic carbocycles. The van der Waals surface area contributed by atoms with Crippen LogP contribution in [0.15, 0.2) is 152 Å². The maximum Gasteiger partial charge on any atom is 0.252 e. The highest BCUT2D eigenvalue weighted by atomic mass is 15.2. The maximum absolute atomic E-state index is 2.68. The van der Waals surface area contributed by atoms with Crippen LogP contribution in [0.5, 0.6) is 0 Å². The van der Waals surface area contributed by atoms with E-state index in [0.717, 1.165) is 0 Å². The Morgan fingerprint density at radius 2 is 0.945 bits per heavy atom. The molecule has 0 atom stereocenters. The van der Waals surface area contributed by atoms with E-state index < -0.39 is 0 Å². The fourth-order valence-electron chi connectivity index (χ4n) is 12.8. The van der Waals surface area contributed by atoms with E-state index in [1.54, 1.807) is 11.1 Å². The lowest BCUT2D eigenvalue weighted by Gasteiger charge is -2.45. The van der Waals surface area contributed by atoms with Crippen LogP contribution in [-0.2, 0) is 10.8 Å². The summed E-state index contributed by atoms with van der Waals surface area (Å²) in [6.07, 6.45) is 10.0. The van der Waals surface area contributed by atoms with Gasteiger partial charge in [-0.25, -0.2) is 0 Å². The van der Waals surface area contributed by atoms with Crippen molar-refractivity contribution in [2.75, 3.05) is 9.80 Å². The maximum atomic E-state index is 2.68. The molecule has 262 valence electrons. The normalized spacial score (nSPS) is 18.1. The first-order valence-corrected chi connectivity index (χ1v) is 20.7. The molecule has 2 spiro atoms. The third-order valence-electron chi connectivity index (χ3n) is 14.7. The van der Waals surface area contributed by atoms with E-state index in [1.807, 2.05) is 0 Å². The predicted molar refractivity (Wildman–Crippen MR) is 230 cm³/mol. The zero-order chi connectivity index (χ0) is 35.9. The van der Waals surface area contributed by atoms with Gasteiger partial charge in [0.25, 0.3) is 6.71 Å². The van der Waals surface area contributed by atoms with Crippen molar-refractivity contribution in [3.05, 3.63) is 174 Å². The Hall–Kier alpha value is -5.80. The number of hydrogen-bond donors (Lipinski definition) is 0. The van der Waals surface area contributed by atoms with E-state index in [0.29, 0.717) is 0 Å². The highest BCUT2D eigenvalue weighted by Crippen LogP contribution is 2.62. The Balaban J connectivity index is 1.13. The molecule has 2 saturated carbocycles. The van der Waals surface area contributed by atoms with Gasteiger partial charge in [0.05, 0.1) is 5.69 Å². The first kappa shape index (κ1) is 30.5. The lowest BCUT2D eigenvalue weighted by molar-refractivity contribution is 0.550. The van der Waals surface area contributed by atoms with Crippen LogP contribution < -0.4 is 26.2 Å². The van der Waals surface area contributed by atoms with Crippen LogP contribution in [0.2, 0.25) is 0 Å². The standard InChI is InChI=1S/C52H41BN2/c1-2-16-34(17-3-1)54-44-26-15-27-45-49(44)53(50-46(54)29-28-40-47(50)37-19-5-7-22-39(37)51(40)30-10-11-31-51)41-23-8-9-24-42(41)55(45)43-25-14-20-36-35-18-4-6-21-38(35)52(48(36)43)32-12-13-33-52/h1-9,14-29H,10-13,30-33H2. The summed E-state index contributed by atoms with van der Waals surface area (Å²) in [5.41, 5.74) is 24.2. The largest absolute Gasteiger partial charge is 0.311 e. The summed E-state index contributed by atoms with van der Waals surface area (Å²) in [6, 6.07) is 58.6. The second kappa shape index (κ2) is 10.9. The number of hydrogen-bond acceptors (Lipinski definition) is 2. The van der Waals surface area contributed by atoms with Gasteiger partial charge in [0.1, 0.15) is 0 Å². The molecule has 55 heavy (non-hydrogen) atoms. The van der Waals surface area contributed by atoms with Crippen LogP contribution in [0.3, 0.4) is 0 Å². The van der Waals surface area contributed by atoms with Gasteiger partial charge in [0.2, 0.25) is 0 Å². The van der Waals surface area contributed by atoms with Crippen molar-refractivity contribution in [1.29, 1.82) is 0 Å². The van der Waals surface area contributed by atoms with Gasteiger partial charge < -0.3 is 9.80 Å². The molecule has 3 heteroatoms. The van der Waals surface area contributed by atoms with Crippen molar-refractivity contribution in [3.8, 4) is 22.3 Å². The van der Waals surface area contributed by atoms with Crippen LogP contribution in [0, 0.1) is 0 Å². The van der Waals surface area contributed by atoms with Gasteiger partial charge in [-0.1, -0.05) is 135 Å². The average Bonchev–Trinajstić information content (AvgIpc) is 4.05. The van der Waals surface area contributed by atoms with Gasteiger partial charge in [-0.3, -0.25) is 0 Å². The number of para-hydroxylation sites is 2. The zero-order valence-corrected chi connectivity index (χ0v) is 31.1. The van der Waals surface area contributed by atoms with E-state index >= 15 is 0 Å². The summed E-state index contributed by atoms with van der Waals surface area (Å²) in [4.78, 5) is 5.27. The van der Waals surface area contributed by atoms with E-state index in [1.165, 1.54) is 135 Å². The SMILES string of the molecule is c1ccc(N2c3cccc4c3B(c3ccccc3N4c3cccc4c3C3(CCCC3)c3ccccc3-4)c3c2ccc2c3-c3ccccc3C23CCCC3)cc1. The third kappa shape index (κ3) is 3.73. The third-order valence-corrected chi connectivity index (χ3v) is 14.7. The fourth-order valence-corrected chi connectivity index (χ4v) is 12.8. The molecule has 0 N–H and O–H groups in total. The van der Waals surface area contributed by atoms with Gasteiger partial charge in [-0.05, 0) is 129 Å². The molecule has 2 heterocycles. The molecule has 0 unspecified atom stereocenters. The van der Waals surface area contributed by atoms with Crippen LogP contribution in [0.4, 0.5) is 34.1 Å². The molecule has 6 aliphatic rings. The predicted octanol–water partition coefficient (Wildman–Crippen LogP) is 11.5. The number of anilines is 6. The number of nitrogens with zero attached hydrogens (tertiary/aromatic N) is 2. The van der Waals surface area contributed by atoms with Crippen LogP contribution in [-0.4, -0.2) is 6.71 Å². The minimum absolute atomic E-state index is 0.0476. The number of benzene rings is 7. The molecular weight excluding hydrogens is 663 g/mol. The fraction of sp³-hybridized carbons (Fsp3) is 0.192. The van der Waals surface area contributed by atoms with Crippen LogP contribution in [0.25, 0.3) is 22.3 Å². The minimum Gasteiger partial charge on any atom is -0.311 e. The van der Waals surface area contributed by atoms with Crippen LogP contribution in [0.1, 0.15) is 73.6 Å². The Kier molecular flexibility index (Phi) is 6.06. The summed E-state index contributed by atoms with van der Waals surface area (Å²) in [5.74, 6) is 0. The van der Waals surface area contributed by atoms with Crippen molar-refractivity contribution >= 4 is 57.2 Å². The van der Waals surface area contributed by atoms with Crippen molar-refractivity contribution in [2.45, 2.75) is 62.2 Å². The Morgan fingerprint density at radius 3 is 1.75 bits per heavy atom. The van der Waals surface area contributed by atoms with Gasteiger partial charge in [-0.15, -0.1) is 0 Å². The van der Waals surface area contributed by atoms with Crippen molar-refractivity contribution in [2.24, 2.45) is 0 Å². The van der Waals surface area contributed by atoms with E-state index in [-0.39, 0.29) is 17.5 Å². The van der Waals surface area contributed by atoms with E-state index in [4.69, 9.17) is 0 Å². The van der Waals surface area contributed by atoms with Crippen LogP contribution >= 0.6 is 0 Å². The van der Waals surface area contributed by atoms with Gasteiger partial charge in [0.15, 0.2) is 0 Å². The molecule has 7 aromatic rings. The molecule has 2 nitrogen and oxygen atoms in total. The topological polar surface area (TPSA) is 6.48 Å². The van der Waals surface area contributed by atoms with Crippen molar-refractivity contribution in [3.63, 3.8) is 0 Å². The molecule has 0 saturated heterocycles. The first-order valence-electron chi connectivity index (χ1n) is 20.7. The molecule has 4 aliphatic carbocycles. The molecule has 0 bridgehead atoms. The highest BCUT2D eigenvalue weighted by Gasteiger charge is 2.52. The summed E-state index contributed by atoms with van der Waals surface area (Å²) < 4.78 is 0. The Labute approximate surface area is 324 Å². The van der Waals surface area contributed by atoms with Gasteiger partial charge >= 0.3 is 0 Å². The quantitative estimate of drug-likeness (QED) is 0.165. The van der Waals surface area contributed by atoms with Gasteiger partial charge in [0, 0.05) is 39.3 Å². The summed E-state index contributed by atoms with van der Waals surface area (Å²) in [5, 5.41) is 0. The molecule has 2 fully saturated rings. The Morgan fingerprint density at radius 1 is 0.382 bits per heavy atom. The molecular formula is C52H41BN2. The van der Waals surface area contributed by atoms with E-state index in [9.17, 15) is 0 Å².